The SMILES string of the molecule is CC.Cc1cc(CNC(=O)c2cn3c(C(=O)NCc4ccc(C#N)cc4)cccc3n2)ccc1F. The summed E-state index contributed by atoms with van der Waals surface area (Å²) in [5.41, 5.74) is 3.65. The Balaban J connectivity index is 0.00000167. The molecule has 2 aromatic heterocycles. The van der Waals surface area contributed by atoms with Crippen LogP contribution in [0.15, 0.2) is 66.9 Å². The number of imidazole rings is 1. The Morgan fingerprint density at radius 2 is 1.63 bits per heavy atom. The molecule has 0 saturated heterocycles. The van der Waals surface area contributed by atoms with Crippen LogP contribution in [0.1, 0.15) is 57.1 Å². The van der Waals surface area contributed by atoms with E-state index in [4.69, 9.17) is 5.26 Å². The number of nitrogens with one attached hydrogen (secondary N) is 2. The first kappa shape index (κ1) is 25.1. The predicted molar refractivity (Wildman–Crippen MR) is 131 cm³/mol. The highest BCUT2D eigenvalue weighted by molar-refractivity contribution is 5.95. The van der Waals surface area contributed by atoms with Gasteiger partial charge in [-0.15, -0.1) is 0 Å². The van der Waals surface area contributed by atoms with Crippen LogP contribution in [0.2, 0.25) is 0 Å². The summed E-state index contributed by atoms with van der Waals surface area (Å²) >= 11 is 0. The standard InChI is InChI=1S/C25H20FN5O2.C2H6/c1-16-11-19(9-10-20(16)26)14-28-24(32)21-15-31-22(3-2-4-23(31)30-21)25(33)29-13-18-7-5-17(12-27)6-8-18;1-2/h2-11,15H,13-14H2,1H3,(H,28,32)(H,29,33);1-2H3. The van der Waals surface area contributed by atoms with Crippen LogP contribution in [0, 0.1) is 24.1 Å². The number of pyridine rings is 1. The zero-order valence-corrected chi connectivity index (χ0v) is 19.8. The van der Waals surface area contributed by atoms with Crippen molar-refractivity contribution in [2.45, 2.75) is 33.9 Å². The van der Waals surface area contributed by atoms with Gasteiger partial charge in [0.1, 0.15) is 22.9 Å². The van der Waals surface area contributed by atoms with Gasteiger partial charge in [0.05, 0.1) is 11.6 Å². The van der Waals surface area contributed by atoms with Crippen LogP contribution in [-0.2, 0) is 13.1 Å². The van der Waals surface area contributed by atoms with Gasteiger partial charge in [-0.25, -0.2) is 9.37 Å². The third-order valence-electron chi connectivity index (χ3n) is 5.17. The Bertz CT molecular complexity index is 1390. The molecule has 2 aromatic carbocycles. The molecule has 2 heterocycles. The number of hydrogen-bond acceptors (Lipinski definition) is 4. The zero-order chi connectivity index (χ0) is 25.4. The highest BCUT2D eigenvalue weighted by atomic mass is 19.1. The third-order valence-corrected chi connectivity index (χ3v) is 5.17. The fourth-order valence-corrected chi connectivity index (χ4v) is 3.36. The van der Waals surface area contributed by atoms with Crippen molar-refractivity contribution in [1.29, 1.82) is 5.26 Å². The lowest BCUT2D eigenvalue weighted by Crippen LogP contribution is -2.25. The number of nitrogens with zero attached hydrogens (tertiary/aromatic N) is 3. The van der Waals surface area contributed by atoms with E-state index in [-0.39, 0.29) is 24.0 Å². The molecule has 0 fully saturated rings. The van der Waals surface area contributed by atoms with Gasteiger partial charge < -0.3 is 10.6 Å². The minimum Gasteiger partial charge on any atom is -0.347 e. The number of rotatable bonds is 6. The van der Waals surface area contributed by atoms with E-state index in [0.29, 0.717) is 29.0 Å². The smallest absolute Gasteiger partial charge is 0.271 e. The number of fused-ring (bicyclic) bond motifs is 1. The summed E-state index contributed by atoms with van der Waals surface area (Å²) in [6.45, 7) is 6.18. The Morgan fingerprint density at radius 3 is 2.31 bits per heavy atom. The summed E-state index contributed by atoms with van der Waals surface area (Å²) in [6.07, 6.45) is 1.51. The molecule has 2 amide bonds. The fourth-order valence-electron chi connectivity index (χ4n) is 3.36. The molecular weight excluding hydrogens is 445 g/mol. The first-order valence-electron chi connectivity index (χ1n) is 11.2. The summed E-state index contributed by atoms with van der Waals surface area (Å²) in [4.78, 5) is 29.7. The van der Waals surface area contributed by atoms with E-state index >= 15 is 0 Å². The van der Waals surface area contributed by atoms with Crippen molar-refractivity contribution >= 4 is 17.5 Å². The molecule has 0 bridgehead atoms. The zero-order valence-electron chi connectivity index (χ0n) is 19.8. The number of carbonyl (C=O) groups excluding carboxylic acids is 2. The number of benzene rings is 2. The largest absolute Gasteiger partial charge is 0.347 e. The molecule has 7 nitrogen and oxygen atoms in total. The lowest BCUT2D eigenvalue weighted by Gasteiger charge is -2.07. The second kappa shape index (κ2) is 11.6. The van der Waals surface area contributed by atoms with Crippen LogP contribution >= 0.6 is 0 Å². The van der Waals surface area contributed by atoms with E-state index in [9.17, 15) is 14.0 Å². The van der Waals surface area contributed by atoms with Gasteiger partial charge in [0.25, 0.3) is 11.8 Å². The fraction of sp³-hybridized carbons (Fsp3) is 0.185. The predicted octanol–water partition coefficient (Wildman–Crippen LogP) is 4.54. The van der Waals surface area contributed by atoms with Crippen molar-refractivity contribution in [3.8, 4) is 6.07 Å². The first-order valence-corrected chi connectivity index (χ1v) is 11.2. The summed E-state index contributed by atoms with van der Waals surface area (Å²) < 4.78 is 15.0. The van der Waals surface area contributed by atoms with Gasteiger partial charge in [-0.1, -0.05) is 44.2 Å². The Morgan fingerprint density at radius 1 is 0.971 bits per heavy atom. The minimum absolute atomic E-state index is 0.168. The Labute approximate surface area is 203 Å². The van der Waals surface area contributed by atoms with Crippen molar-refractivity contribution in [3.63, 3.8) is 0 Å². The molecule has 0 spiro atoms. The van der Waals surface area contributed by atoms with Gasteiger partial charge in [0, 0.05) is 19.3 Å². The van der Waals surface area contributed by atoms with Crippen molar-refractivity contribution in [1.82, 2.24) is 20.0 Å². The number of carbonyl (C=O) groups is 2. The van der Waals surface area contributed by atoms with Gasteiger partial charge in [-0.3, -0.25) is 14.0 Å². The molecule has 0 aliphatic rings. The Hall–Kier alpha value is -4.51. The summed E-state index contributed by atoms with van der Waals surface area (Å²) in [5.74, 6) is -1.02. The maximum atomic E-state index is 13.4. The molecule has 0 unspecified atom stereocenters. The van der Waals surface area contributed by atoms with Crippen LogP contribution in [0.3, 0.4) is 0 Å². The van der Waals surface area contributed by atoms with Crippen molar-refractivity contribution in [2.75, 3.05) is 0 Å². The van der Waals surface area contributed by atoms with Crippen LogP contribution in [-0.4, -0.2) is 21.2 Å². The molecule has 0 saturated carbocycles. The third kappa shape index (κ3) is 6.09. The van der Waals surface area contributed by atoms with Crippen molar-refractivity contribution in [2.24, 2.45) is 0 Å². The summed E-state index contributed by atoms with van der Waals surface area (Å²) in [6, 6.07) is 18.7. The average molecular weight is 472 g/mol. The first-order chi connectivity index (χ1) is 16.9. The molecule has 0 aliphatic carbocycles. The van der Waals surface area contributed by atoms with Gasteiger partial charge in [-0.05, 0) is 53.9 Å². The van der Waals surface area contributed by atoms with Crippen LogP contribution in [0.25, 0.3) is 5.65 Å². The van der Waals surface area contributed by atoms with E-state index in [2.05, 4.69) is 21.7 Å². The normalized spacial score (nSPS) is 10.1. The molecular formula is C27H26FN5O2. The maximum Gasteiger partial charge on any atom is 0.271 e. The van der Waals surface area contributed by atoms with E-state index in [1.54, 1.807) is 65.9 Å². The molecule has 8 heteroatoms. The number of aryl methyl sites for hydroxylation is 1. The van der Waals surface area contributed by atoms with Gasteiger partial charge in [-0.2, -0.15) is 5.26 Å². The van der Waals surface area contributed by atoms with E-state index < -0.39 is 5.91 Å². The molecule has 0 aliphatic heterocycles. The topological polar surface area (TPSA) is 99.3 Å². The monoisotopic (exact) mass is 471 g/mol. The number of amides is 2. The number of aromatic nitrogens is 2. The van der Waals surface area contributed by atoms with E-state index in [0.717, 1.165) is 11.1 Å². The number of halogens is 1. The van der Waals surface area contributed by atoms with Crippen LogP contribution in [0.5, 0.6) is 0 Å². The maximum absolute atomic E-state index is 13.4. The lowest BCUT2D eigenvalue weighted by molar-refractivity contribution is 0.0935. The molecule has 35 heavy (non-hydrogen) atoms. The van der Waals surface area contributed by atoms with E-state index in [1.165, 1.54) is 12.3 Å². The molecule has 4 rings (SSSR count). The molecule has 0 radical (unpaired) electrons. The number of hydrogen-bond donors (Lipinski definition) is 2. The minimum atomic E-state index is -0.399. The van der Waals surface area contributed by atoms with Crippen LogP contribution in [0.4, 0.5) is 4.39 Å². The Kier molecular flexibility index (Phi) is 8.30. The second-order valence-corrected chi connectivity index (χ2v) is 7.52. The highest BCUT2D eigenvalue weighted by Crippen LogP contribution is 2.12. The van der Waals surface area contributed by atoms with Crippen LogP contribution < -0.4 is 10.6 Å². The van der Waals surface area contributed by atoms with E-state index in [1.807, 2.05) is 13.8 Å². The lowest BCUT2D eigenvalue weighted by atomic mass is 10.1. The second-order valence-electron chi connectivity index (χ2n) is 7.52. The molecule has 0 atom stereocenters. The molecule has 178 valence electrons. The number of nitriles is 1. The summed E-state index contributed by atoms with van der Waals surface area (Å²) in [7, 11) is 0. The quantitative estimate of drug-likeness (QED) is 0.431. The highest BCUT2D eigenvalue weighted by Gasteiger charge is 2.15. The summed E-state index contributed by atoms with van der Waals surface area (Å²) in [5, 5.41) is 14.5. The van der Waals surface area contributed by atoms with Gasteiger partial charge in [0.15, 0.2) is 0 Å². The van der Waals surface area contributed by atoms with Crippen molar-refractivity contribution in [3.05, 3.63) is 106 Å². The molecule has 2 N–H and O–H groups in total. The van der Waals surface area contributed by atoms with Gasteiger partial charge in [0.2, 0.25) is 0 Å². The van der Waals surface area contributed by atoms with Gasteiger partial charge >= 0.3 is 0 Å². The van der Waals surface area contributed by atoms with Crippen molar-refractivity contribution < 1.29 is 14.0 Å². The average Bonchev–Trinajstić information content (AvgIpc) is 3.34. The molecule has 4 aromatic rings.